The van der Waals surface area contributed by atoms with Crippen LogP contribution in [0.4, 0.5) is 0 Å². The molecule has 9 rings (SSSR count). The van der Waals surface area contributed by atoms with E-state index in [9.17, 15) is 0 Å². The number of rotatable bonds is 5. The molecule has 0 aliphatic heterocycles. The van der Waals surface area contributed by atoms with Crippen molar-refractivity contribution in [1.29, 1.82) is 0 Å². The predicted molar refractivity (Wildman–Crippen MR) is 189 cm³/mol. The van der Waals surface area contributed by atoms with Gasteiger partial charge in [0.25, 0.3) is 0 Å². The number of benzene rings is 5. The smallest absolute Gasteiger partial charge is 0.146 e. The molecule has 5 heteroatoms. The third-order valence-electron chi connectivity index (χ3n) is 8.96. The van der Waals surface area contributed by atoms with E-state index >= 15 is 0 Å². The molecule has 5 aromatic carbocycles. The Labute approximate surface area is 266 Å². The molecule has 5 nitrogen and oxygen atoms in total. The minimum absolute atomic E-state index is 0.872. The van der Waals surface area contributed by atoms with Crippen LogP contribution in [0, 0.1) is 0 Å². The van der Waals surface area contributed by atoms with Gasteiger partial charge in [-0.1, -0.05) is 109 Å². The van der Waals surface area contributed by atoms with Gasteiger partial charge in [0.15, 0.2) is 0 Å². The van der Waals surface area contributed by atoms with E-state index in [0.29, 0.717) is 0 Å². The molecule has 4 aromatic heterocycles. The Morgan fingerprint density at radius 2 is 1.17 bits per heavy atom. The van der Waals surface area contributed by atoms with Gasteiger partial charge < -0.3 is 8.97 Å². The largest absolute Gasteiger partial charge is 0.324 e. The van der Waals surface area contributed by atoms with E-state index in [0.717, 1.165) is 78.9 Å². The third-order valence-corrected chi connectivity index (χ3v) is 8.96. The van der Waals surface area contributed by atoms with Gasteiger partial charge in [-0.2, -0.15) is 0 Å². The Bertz CT molecular complexity index is 2540. The van der Waals surface area contributed by atoms with E-state index in [4.69, 9.17) is 15.0 Å². The maximum absolute atomic E-state index is 5.18. The van der Waals surface area contributed by atoms with Crippen molar-refractivity contribution in [3.8, 4) is 45.0 Å². The normalized spacial score (nSPS) is 11.7. The highest BCUT2D eigenvalue weighted by molar-refractivity contribution is 6.16. The second-order valence-electron chi connectivity index (χ2n) is 11.6. The van der Waals surface area contributed by atoms with Crippen LogP contribution in [0.1, 0.15) is 6.92 Å². The van der Waals surface area contributed by atoms with E-state index < -0.39 is 0 Å². The summed E-state index contributed by atoms with van der Waals surface area (Å²) in [6.07, 6.45) is 4.21. The maximum atomic E-state index is 5.18. The number of hydrogen-bond acceptors (Lipinski definition) is 3. The first kappa shape index (κ1) is 26.3. The lowest BCUT2D eigenvalue weighted by molar-refractivity contribution is 0.796. The Kier molecular flexibility index (Phi) is 6.03. The van der Waals surface area contributed by atoms with Crippen LogP contribution in [0.25, 0.3) is 83.4 Å². The van der Waals surface area contributed by atoms with Gasteiger partial charge in [0.2, 0.25) is 0 Å². The molecule has 0 amide bonds. The molecular formula is C41H29N5. The summed E-state index contributed by atoms with van der Waals surface area (Å²) >= 11 is 0. The SMILES string of the molecule is CCn1c(-c2ccc(-c3ccc(-c4nc5ccccc5c5c4ccn4cc(-c6ccccc6)nc54)cc3)cc2)nc2ccccc21. The summed E-state index contributed by atoms with van der Waals surface area (Å²) in [5.41, 5.74) is 11.6. The first-order valence-electron chi connectivity index (χ1n) is 15.7. The highest BCUT2D eigenvalue weighted by Crippen LogP contribution is 2.36. The minimum Gasteiger partial charge on any atom is -0.324 e. The summed E-state index contributed by atoms with van der Waals surface area (Å²) in [4.78, 5) is 15.2. The Morgan fingerprint density at radius 1 is 0.522 bits per heavy atom. The van der Waals surface area contributed by atoms with Gasteiger partial charge in [0.05, 0.1) is 27.9 Å². The standard InChI is InChI=1S/C41H29N5/c1-2-46-37-15-9-8-14-35(37)43-40(46)31-22-18-28(19-23-31)27-16-20-30(21-17-27)39-33-24-25-45-26-36(29-10-4-3-5-11-29)44-41(45)38(33)32-12-6-7-13-34(32)42-39/h3-26H,2H2,1H3. The van der Waals surface area contributed by atoms with Crippen molar-refractivity contribution in [1.82, 2.24) is 23.9 Å². The fraction of sp³-hybridized carbons (Fsp3) is 0.0488. The van der Waals surface area contributed by atoms with Crippen LogP contribution in [0.3, 0.4) is 0 Å². The van der Waals surface area contributed by atoms with Crippen LogP contribution in [-0.2, 0) is 6.54 Å². The van der Waals surface area contributed by atoms with E-state index in [1.54, 1.807) is 0 Å². The van der Waals surface area contributed by atoms with Crippen molar-refractivity contribution in [3.63, 3.8) is 0 Å². The number of para-hydroxylation sites is 3. The zero-order chi connectivity index (χ0) is 30.6. The number of aryl methyl sites for hydroxylation is 1. The maximum Gasteiger partial charge on any atom is 0.146 e. The number of imidazole rings is 2. The van der Waals surface area contributed by atoms with Crippen molar-refractivity contribution in [2.75, 3.05) is 0 Å². The lowest BCUT2D eigenvalue weighted by Crippen LogP contribution is -1.97. The molecular weight excluding hydrogens is 562 g/mol. The zero-order valence-corrected chi connectivity index (χ0v) is 25.3. The van der Waals surface area contributed by atoms with Gasteiger partial charge in [0.1, 0.15) is 11.5 Å². The van der Waals surface area contributed by atoms with Gasteiger partial charge in [-0.15, -0.1) is 0 Å². The summed E-state index contributed by atoms with van der Waals surface area (Å²) in [6, 6.07) is 46.7. The lowest BCUT2D eigenvalue weighted by atomic mass is 9.98. The molecule has 0 fully saturated rings. The van der Waals surface area contributed by atoms with Gasteiger partial charge in [-0.3, -0.25) is 0 Å². The number of nitrogens with zero attached hydrogens (tertiary/aromatic N) is 5. The molecule has 0 unspecified atom stereocenters. The van der Waals surface area contributed by atoms with Crippen molar-refractivity contribution in [2.45, 2.75) is 13.5 Å². The van der Waals surface area contributed by atoms with E-state index in [2.05, 4.69) is 144 Å². The molecule has 0 spiro atoms. The van der Waals surface area contributed by atoms with Crippen LogP contribution >= 0.6 is 0 Å². The zero-order valence-electron chi connectivity index (χ0n) is 25.3. The molecule has 0 atom stereocenters. The highest BCUT2D eigenvalue weighted by atomic mass is 15.1. The molecule has 0 bridgehead atoms. The molecule has 0 aliphatic rings. The Morgan fingerprint density at radius 3 is 1.93 bits per heavy atom. The van der Waals surface area contributed by atoms with Crippen molar-refractivity contribution >= 4 is 38.4 Å². The van der Waals surface area contributed by atoms with Gasteiger partial charge in [0, 0.05) is 51.8 Å². The van der Waals surface area contributed by atoms with Crippen molar-refractivity contribution in [3.05, 3.63) is 146 Å². The summed E-state index contributed by atoms with van der Waals surface area (Å²) in [5, 5.41) is 3.31. The van der Waals surface area contributed by atoms with Crippen LogP contribution < -0.4 is 0 Å². The quantitative estimate of drug-likeness (QED) is 0.187. The number of fused-ring (bicyclic) bond motifs is 6. The molecule has 218 valence electrons. The van der Waals surface area contributed by atoms with Crippen molar-refractivity contribution in [2.24, 2.45) is 0 Å². The topological polar surface area (TPSA) is 48.0 Å². The molecule has 9 aromatic rings. The van der Waals surface area contributed by atoms with Gasteiger partial charge in [-0.05, 0) is 42.3 Å². The van der Waals surface area contributed by atoms with E-state index in [-0.39, 0.29) is 0 Å². The summed E-state index contributed by atoms with van der Waals surface area (Å²) < 4.78 is 4.41. The fourth-order valence-corrected chi connectivity index (χ4v) is 6.69. The third kappa shape index (κ3) is 4.20. The van der Waals surface area contributed by atoms with Gasteiger partial charge in [-0.25, -0.2) is 15.0 Å². The van der Waals surface area contributed by atoms with Gasteiger partial charge >= 0.3 is 0 Å². The first-order chi connectivity index (χ1) is 22.7. The average molecular weight is 592 g/mol. The summed E-state index contributed by atoms with van der Waals surface area (Å²) in [5.74, 6) is 1.00. The molecule has 46 heavy (non-hydrogen) atoms. The van der Waals surface area contributed by atoms with Crippen LogP contribution in [0.15, 0.2) is 146 Å². The summed E-state index contributed by atoms with van der Waals surface area (Å²) in [7, 11) is 0. The van der Waals surface area contributed by atoms with E-state index in [1.165, 1.54) is 11.1 Å². The molecule has 0 radical (unpaired) electrons. The molecule has 0 saturated heterocycles. The average Bonchev–Trinajstić information content (AvgIpc) is 3.74. The number of hydrogen-bond donors (Lipinski definition) is 0. The summed E-state index contributed by atoms with van der Waals surface area (Å²) in [6.45, 7) is 3.04. The van der Waals surface area contributed by atoms with Crippen LogP contribution in [0.5, 0.6) is 0 Å². The number of aromatic nitrogens is 5. The molecule has 0 aliphatic carbocycles. The second kappa shape index (κ2) is 10.5. The number of pyridine rings is 2. The van der Waals surface area contributed by atoms with Crippen LogP contribution in [0.2, 0.25) is 0 Å². The molecule has 0 saturated carbocycles. The molecule has 4 heterocycles. The molecule has 0 N–H and O–H groups in total. The Balaban J connectivity index is 1.11. The second-order valence-corrected chi connectivity index (χ2v) is 11.6. The van der Waals surface area contributed by atoms with Crippen molar-refractivity contribution < 1.29 is 0 Å². The predicted octanol–water partition coefficient (Wildman–Crippen LogP) is 10.1. The van der Waals surface area contributed by atoms with Crippen LogP contribution in [-0.4, -0.2) is 23.9 Å². The minimum atomic E-state index is 0.872. The highest BCUT2D eigenvalue weighted by Gasteiger charge is 2.16. The Hall–Kier alpha value is -6.07. The first-order valence-corrected chi connectivity index (χ1v) is 15.7. The lowest BCUT2D eigenvalue weighted by Gasteiger charge is -2.12. The van der Waals surface area contributed by atoms with E-state index in [1.807, 2.05) is 18.2 Å². The monoisotopic (exact) mass is 591 g/mol. The fourth-order valence-electron chi connectivity index (χ4n) is 6.69.